The standard InChI is InChI=1S/C13H26O2.C2H4/c1-11(2)8-12(3)9-14-10-15-13-6-4-5-7-13;1-2/h11-13H,4-10H2,1-3H3;1-2H2/t12-;/m0./s1. The summed E-state index contributed by atoms with van der Waals surface area (Å²) >= 11 is 0. The zero-order valence-corrected chi connectivity index (χ0v) is 11.9. The molecule has 0 aromatic rings. The van der Waals surface area contributed by atoms with Crippen LogP contribution in [0.15, 0.2) is 13.2 Å². The van der Waals surface area contributed by atoms with Crippen LogP contribution in [0.4, 0.5) is 0 Å². The first-order chi connectivity index (χ1) is 8.18. The Morgan fingerprint density at radius 3 is 2.24 bits per heavy atom. The van der Waals surface area contributed by atoms with Crippen LogP contribution in [0.25, 0.3) is 0 Å². The van der Waals surface area contributed by atoms with Gasteiger partial charge in [0.15, 0.2) is 0 Å². The van der Waals surface area contributed by atoms with Crippen LogP contribution in [0.2, 0.25) is 0 Å². The van der Waals surface area contributed by atoms with Gasteiger partial charge in [0.25, 0.3) is 0 Å². The monoisotopic (exact) mass is 242 g/mol. The summed E-state index contributed by atoms with van der Waals surface area (Å²) in [5.74, 6) is 1.41. The van der Waals surface area contributed by atoms with Crippen LogP contribution in [0.3, 0.4) is 0 Å². The molecule has 1 aliphatic carbocycles. The van der Waals surface area contributed by atoms with Crippen molar-refractivity contribution in [1.82, 2.24) is 0 Å². The van der Waals surface area contributed by atoms with Crippen molar-refractivity contribution in [3.05, 3.63) is 13.2 Å². The number of ether oxygens (including phenoxy) is 2. The molecule has 0 aromatic heterocycles. The zero-order chi connectivity index (χ0) is 13.1. The van der Waals surface area contributed by atoms with Gasteiger partial charge in [-0.1, -0.05) is 33.6 Å². The Balaban J connectivity index is 0.00000121. The lowest BCUT2D eigenvalue weighted by molar-refractivity contribution is -0.0949. The second-order valence-corrected chi connectivity index (χ2v) is 5.30. The minimum atomic E-state index is 0.477. The quantitative estimate of drug-likeness (QED) is 0.374. The van der Waals surface area contributed by atoms with Crippen molar-refractivity contribution < 1.29 is 9.47 Å². The summed E-state index contributed by atoms with van der Waals surface area (Å²) < 4.78 is 11.2. The van der Waals surface area contributed by atoms with Crippen molar-refractivity contribution in [2.24, 2.45) is 11.8 Å². The summed E-state index contributed by atoms with van der Waals surface area (Å²) in [6.07, 6.45) is 6.83. The van der Waals surface area contributed by atoms with E-state index in [9.17, 15) is 0 Å². The molecule has 0 bridgehead atoms. The Morgan fingerprint density at radius 2 is 1.71 bits per heavy atom. The lowest BCUT2D eigenvalue weighted by Gasteiger charge is -2.15. The molecule has 0 aromatic carbocycles. The van der Waals surface area contributed by atoms with E-state index < -0.39 is 0 Å². The summed E-state index contributed by atoms with van der Waals surface area (Å²) in [7, 11) is 0. The van der Waals surface area contributed by atoms with E-state index in [1.807, 2.05) is 0 Å². The highest BCUT2D eigenvalue weighted by Gasteiger charge is 2.15. The van der Waals surface area contributed by atoms with Crippen LogP contribution < -0.4 is 0 Å². The molecular formula is C15H30O2. The van der Waals surface area contributed by atoms with E-state index in [-0.39, 0.29) is 0 Å². The fraction of sp³-hybridized carbons (Fsp3) is 0.867. The average molecular weight is 242 g/mol. The molecule has 1 atom stereocenters. The first-order valence-corrected chi connectivity index (χ1v) is 6.88. The molecule has 0 radical (unpaired) electrons. The van der Waals surface area contributed by atoms with Gasteiger partial charge >= 0.3 is 0 Å². The van der Waals surface area contributed by atoms with Gasteiger partial charge < -0.3 is 9.47 Å². The summed E-state index contributed by atoms with van der Waals surface area (Å²) in [6, 6.07) is 0. The number of hydrogen-bond donors (Lipinski definition) is 0. The molecule has 2 heteroatoms. The largest absolute Gasteiger partial charge is 0.355 e. The van der Waals surface area contributed by atoms with Crippen LogP contribution in [0.5, 0.6) is 0 Å². The molecule has 1 fully saturated rings. The predicted octanol–water partition coefficient (Wildman–Crippen LogP) is 4.40. The van der Waals surface area contributed by atoms with Gasteiger partial charge in [-0.15, -0.1) is 13.2 Å². The minimum Gasteiger partial charge on any atom is -0.355 e. The highest BCUT2D eigenvalue weighted by atomic mass is 16.7. The van der Waals surface area contributed by atoms with E-state index in [4.69, 9.17) is 9.47 Å². The van der Waals surface area contributed by atoms with Crippen LogP contribution in [-0.4, -0.2) is 19.5 Å². The maximum Gasteiger partial charge on any atom is 0.147 e. The summed E-state index contributed by atoms with van der Waals surface area (Å²) in [6.45, 7) is 14.1. The van der Waals surface area contributed by atoms with Gasteiger partial charge in [-0.2, -0.15) is 0 Å². The summed E-state index contributed by atoms with van der Waals surface area (Å²) in [4.78, 5) is 0. The first-order valence-electron chi connectivity index (χ1n) is 6.88. The van der Waals surface area contributed by atoms with Crippen molar-refractivity contribution in [3.63, 3.8) is 0 Å². The second kappa shape index (κ2) is 10.8. The average Bonchev–Trinajstić information content (AvgIpc) is 2.79. The maximum atomic E-state index is 5.64. The Bertz CT molecular complexity index is 162. The fourth-order valence-electron chi connectivity index (χ4n) is 2.32. The van der Waals surface area contributed by atoms with Gasteiger partial charge in [0, 0.05) is 0 Å². The molecule has 102 valence electrons. The van der Waals surface area contributed by atoms with E-state index in [1.165, 1.54) is 32.1 Å². The SMILES string of the molecule is C=C.CC(C)C[C@H](C)COCOC1CCCC1. The maximum absolute atomic E-state index is 5.64. The van der Waals surface area contributed by atoms with Crippen molar-refractivity contribution >= 4 is 0 Å². The van der Waals surface area contributed by atoms with Crippen molar-refractivity contribution in [2.75, 3.05) is 13.4 Å². The lowest BCUT2D eigenvalue weighted by atomic mass is 10.00. The molecule has 0 heterocycles. The van der Waals surface area contributed by atoms with E-state index in [2.05, 4.69) is 33.9 Å². The molecule has 17 heavy (non-hydrogen) atoms. The molecule has 1 aliphatic rings. The number of hydrogen-bond acceptors (Lipinski definition) is 2. The van der Waals surface area contributed by atoms with Crippen molar-refractivity contribution in [1.29, 1.82) is 0 Å². The molecule has 2 nitrogen and oxygen atoms in total. The highest BCUT2D eigenvalue weighted by molar-refractivity contribution is 4.65. The summed E-state index contributed by atoms with van der Waals surface area (Å²) in [5.41, 5.74) is 0. The molecule has 0 N–H and O–H groups in total. The minimum absolute atomic E-state index is 0.477. The van der Waals surface area contributed by atoms with E-state index in [0.29, 0.717) is 18.8 Å². The van der Waals surface area contributed by atoms with Crippen LogP contribution >= 0.6 is 0 Å². The summed E-state index contributed by atoms with van der Waals surface area (Å²) in [5, 5.41) is 0. The van der Waals surface area contributed by atoms with Crippen LogP contribution in [-0.2, 0) is 9.47 Å². The molecule has 0 amide bonds. The Hall–Kier alpha value is -0.340. The highest BCUT2D eigenvalue weighted by Crippen LogP contribution is 2.20. The molecule has 1 saturated carbocycles. The zero-order valence-electron chi connectivity index (χ0n) is 11.9. The number of rotatable bonds is 7. The molecule has 0 aliphatic heterocycles. The Labute approximate surface area is 107 Å². The van der Waals surface area contributed by atoms with E-state index >= 15 is 0 Å². The topological polar surface area (TPSA) is 18.5 Å². The van der Waals surface area contributed by atoms with Crippen LogP contribution in [0, 0.1) is 11.8 Å². The molecular weight excluding hydrogens is 212 g/mol. The van der Waals surface area contributed by atoms with Gasteiger partial charge in [-0.3, -0.25) is 0 Å². The van der Waals surface area contributed by atoms with Gasteiger partial charge in [-0.05, 0) is 31.1 Å². The third-order valence-electron chi connectivity index (χ3n) is 2.97. The Kier molecular flexibility index (Phi) is 10.6. The fourth-order valence-corrected chi connectivity index (χ4v) is 2.32. The molecule has 0 unspecified atom stereocenters. The van der Waals surface area contributed by atoms with E-state index in [0.717, 1.165) is 12.5 Å². The molecule has 1 rings (SSSR count). The van der Waals surface area contributed by atoms with Crippen LogP contribution in [0.1, 0.15) is 52.9 Å². The van der Waals surface area contributed by atoms with Gasteiger partial charge in [0.1, 0.15) is 6.79 Å². The third-order valence-corrected chi connectivity index (χ3v) is 2.97. The van der Waals surface area contributed by atoms with Gasteiger partial charge in [0.2, 0.25) is 0 Å². The van der Waals surface area contributed by atoms with Crippen molar-refractivity contribution in [3.8, 4) is 0 Å². The first kappa shape index (κ1) is 16.7. The predicted molar refractivity (Wildman–Crippen MR) is 74.0 cm³/mol. The van der Waals surface area contributed by atoms with Gasteiger partial charge in [-0.25, -0.2) is 0 Å². The molecule has 0 saturated heterocycles. The lowest BCUT2D eigenvalue weighted by Crippen LogP contribution is -2.14. The normalized spacial score (nSPS) is 17.9. The smallest absolute Gasteiger partial charge is 0.147 e. The van der Waals surface area contributed by atoms with E-state index in [1.54, 1.807) is 0 Å². The molecule has 0 spiro atoms. The second-order valence-electron chi connectivity index (χ2n) is 5.30. The van der Waals surface area contributed by atoms with Crippen molar-refractivity contribution in [2.45, 2.75) is 59.0 Å². The Morgan fingerprint density at radius 1 is 1.12 bits per heavy atom. The third kappa shape index (κ3) is 9.37. The van der Waals surface area contributed by atoms with Gasteiger partial charge in [0.05, 0.1) is 12.7 Å².